The Balaban J connectivity index is 1.10. The standard InChI is InChI=1S/C38H49ClF3N7O6/c1-2-54-33(24-50)46-19-17-45(18-20-46)27-8-12-47(13-9-27)35(51)32(23-25-21-29(38(40,41)42)34(43)30(39)22-25)55-37(53)48-14-10-28(11-15-48)49-16-7-26-5-3-4-6-31(26)44-36(49)52/h3-6,21-22,24,27-28,32-33H,2,7-20,23,43H2,1H3,(H,44,52). The lowest BCUT2D eigenvalue weighted by Gasteiger charge is -2.44. The molecule has 4 aliphatic heterocycles. The number of carbonyl (C=O) groups is 4. The number of fused-ring (bicyclic) bond motifs is 1. The molecular weight excluding hydrogens is 743 g/mol. The number of nitrogen functional groups attached to an aromatic ring is 1. The number of alkyl halides is 3. The second kappa shape index (κ2) is 17.8. The normalized spacial score (nSPS) is 20.7. The Morgan fingerprint density at radius 3 is 2.27 bits per heavy atom. The SMILES string of the molecule is CCOC(C=O)N1CCN(C2CCN(C(=O)C(Cc3cc(Cl)c(N)c(C(F)(F)F)c3)OC(=O)N3CCC(N4CCc5ccccc5NC4=O)CC3)CC2)CC1. The molecule has 17 heteroatoms. The summed E-state index contributed by atoms with van der Waals surface area (Å²) in [6, 6.07) is 9.65. The van der Waals surface area contributed by atoms with Gasteiger partial charge in [-0.1, -0.05) is 29.8 Å². The molecule has 4 aliphatic rings. The van der Waals surface area contributed by atoms with Gasteiger partial charge in [0.2, 0.25) is 0 Å². The number of ether oxygens (including phenoxy) is 2. The van der Waals surface area contributed by atoms with Crippen LogP contribution in [0.15, 0.2) is 36.4 Å². The van der Waals surface area contributed by atoms with E-state index in [4.69, 9.17) is 26.8 Å². The number of hydrogen-bond donors (Lipinski definition) is 2. The highest BCUT2D eigenvalue weighted by Crippen LogP contribution is 2.38. The number of nitrogens with zero attached hydrogens (tertiary/aromatic N) is 5. The summed E-state index contributed by atoms with van der Waals surface area (Å²) < 4.78 is 53.0. The van der Waals surface area contributed by atoms with Crippen molar-refractivity contribution in [1.82, 2.24) is 24.5 Å². The zero-order valence-corrected chi connectivity index (χ0v) is 31.7. The number of piperazine rings is 1. The maximum Gasteiger partial charge on any atom is 0.418 e. The number of nitrogens with one attached hydrogen (secondary N) is 1. The smallest absolute Gasteiger partial charge is 0.418 e. The van der Waals surface area contributed by atoms with Gasteiger partial charge in [0.1, 0.15) is 0 Å². The van der Waals surface area contributed by atoms with Crippen LogP contribution in [-0.4, -0.2) is 139 Å². The number of hydrogen-bond acceptors (Lipinski definition) is 9. The first-order valence-corrected chi connectivity index (χ1v) is 19.3. The number of nitrogens with two attached hydrogens (primary N) is 1. The molecule has 3 saturated heterocycles. The molecule has 3 fully saturated rings. The van der Waals surface area contributed by atoms with E-state index in [9.17, 15) is 32.3 Å². The molecule has 4 amide bonds. The van der Waals surface area contributed by atoms with E-state index in [-0.39, 0.29) is 48.2 Å². The summed E-state index contributed by atoms with van der Waals surface area (Å²) in [5, 5.41) is 2.67. The number of anilines is 2. The summed E-state index contributed by atoms with van der Waals surface area (Å²) in [5.74, 6) is -0.501. The van der Waals surface area contributed by atoms with Gasteiger partial charge in [-0.15, -0.1) is 0 Å². The van der Waals surface area contributed by atoms with Gasteiger partial charge >= 0.3 is 18.3 Å². The fourth-order valence-corrected chi connectivity index (χ4v) is 8.37. The van der Waals surface area contributed by atoms with Gasteiger partial charge in [0.15, 0.2) is 18.6 Å². The first-order chi connectivity index (χ1) is 26.4. The number of piperidine rings is 2. The highest BCUT2D eigenvalue weighted by atomic mass is 35.5. The Kier molecular flexibility index (Phi) is 13.1. The first kappa shape index (κ1) is 40.5. The van der Waals surface area contributed by atoms with Crippen LogP contribution < -0.4 is 11.1 Å². The zero-order chi connectivity index (χ0) is 39.3. The van der Waals surface area contributed by atoms with Crippen molar-refractivity contribution in [1.29, 1.82) is 0 Å². The number of likely N-dealkylation sites (tertiary alicyclic amines) is 2. The first-order valence-electron chi connectivity index (χ1n) is 19.0. The second-order valence-corrected chi connectivity index (χ2v) is 14.9. The van der Waals surface area contributed by atoms with Gasteiger partial charge in [0, 0.05) is 89.7 Å². The lowest BCUT2D eigenvalue weighted by Crippen LogP contribution is -2.57. The highest BCUT2D eigenvalue weighted by Gasteiger charge is 2.39. The summed E-state index contributed by atoms with van der Waals surface area (Å²) in [6.07, 6.45) is -4.07. The van der Waals surface area contributed by atoms with Crippen molar-refractivity contribution in [3.63, 3.8) is 0 Å². The number of amides is 4. The van der Waals surface area contributed by atoms with E-state index < -0.39 is 41.8 Å². The molecule has 0 bridgehead atoms. The molecule has 300 valence electrons. The van der Waals surface area contributed by atoms with Gasteiger partial charge in [-0.25, -0.2) is 9.59 Å². The van der Waals surface area contributed by atoms with Crippen LogP contribution >= 0.6 is 11.6 Å². The molecule has 3 N–H and O–H groups in total. The van der Waals surface area contributed by atoms with Gasteiger partial charge < -0.3 is 35.2 Å². The number of urea groups is 1. The van der Waals surface area contributed by atoms with E-state index in [0.29, 0.717) is 71.4 Å². The van der Waals surface area contributed by atoms with Crippen LogP contribution in [0.5, 0.6) is 0 Å². The number of benzene rings is 2. The van der Waals surface area contributed by atoms with E-state index in [0.717, 1.165) is 36.7 Å². The predicted molar refractivity (Wildman–Crippen MR) is 200 cm³/mol. The monoisotopic (exact) mass is 791 g/mol. The summed E-state index contributed by atoms with van der Waals surface area (Å²) >= 11 is 6.13. The second-order valence-electron chi connectivity index (χ2n) is 14.5. The lowest BCUT2D eigenvalue weighted by atomic mass is 9.99. The number of aldehydes is 1. The molecule has 2 aromatic rings. The fourth-order valence-electron chi connectivity index (χ4n) is 8.13. The molecule has 0 aliphatic carbocycles. The molecule has 13 nitrogen and oxygen atoms in total. The summed E-state index contributed by atoms with van der Waals surface area (Å²) in [4.78, 5) is 61.6. The molecule has 6 rings (SSSR count). The van der Waals surface area contributed by atoms with Gasteiger partial charge in [-0.05, 0) is 68.4 Å². The van der Waals surface area contributed by atoms with Crippen molar-refractivity contribution >= 4 is 47.3 Å². The highest BCUT2D eigenvalue weighted by molar-refractivity contribution is 6.33. The Hall–Kier alpha value is -4.12. The number of para-hydroxylation sites is 1. The number of rotatable bonds is 10. The zero-order valence-electron chi connectivity index (χ0n) is 30.9. The van der Waals surface area contributed by atoms with Crippen molar-refractivity contribution < 1.29 is 41.8 Å². The summed E-state index contributed by atoms with van der Waals surface area (Å²) in [5.41, 5.74) is 5.81. The van der Waals surface area contributed by atoms with Crippen molar-refractivity contribution in [3.05, 3.63) is 58.1 Å². The van der Waals surface area contributed by atoms with E-state index >= 15 is 0 Å². The Bertz CT molecular complexity index is 1690. The molecule has 2 aromatic carbocycles. The van der Waals surface area contributed by atoms with E-state index in [2.05, 4.69) is 10.2 Å². The lowest BCUT2D eigenvalue weighted by molar-refractivity contribution is -0.143. The quantitative estimate of drug-likeness (QED) is 0.259. The van der Waals surface area contributed by atoms with Gasteiger partial charge in [-0.3, -0.25) is 19.4 Å². The van der Waals surface area contributed by atoms with Gasteiger partial charge in [0.25, 0.3) is 5.91 Å². The van der Waals surface area contributed by atoms with Crippen LogP contribution in [0.3, 0.4) is 0 Å². The van der Waals surface area contributed by atoms with Gasteiger partial charge in [0.05, 0.1) is 16.3 Å². The Morgan fingerprint density at radius 2 is 1.62 bits per heavy atom. The molecule has 0 aromatic heterocycles. The van der Waals surface area contributed by atoms with E-state index in [1.807, 2.05) is 36.1 Å². The number of halogens is 4. The van der Waals surface area contributed by atoms with E-state index in [1.54, 1.807) is 9.80 Å². The predicted octanol–water partition coefficient (Wildman–Crippen LogP) is 4.71. The van der Waals surface area contributed by atoms with Crippen molar-refractivity contribution in [2.75, 3.05) is 76.6 Å². The van der Waals surface area contributed by atoms with Crippen LogP contribution in [0.25, 0.3) is 0 Å². The van der Waals surface area contributed by atoms with Crippen LogP contribution in [-0.2, 0) is 38.1 Å². The minimum absolute atomic E-state index is 0.0537. The largest absolute Gasteiger partial charge is 0.436 e. The Morgan fingerprint density at radius 1 is 0.964 bits per heavy atom. The molecular formula is C38H49ClF3N7O6. The molecule has 0 radical (unpaired) electrons. The third-order valence-electron chi connectivity index (χ3n) is 11.2. The van der Waals surface area contributed by atoms with Crippen LogP contribution in [0.1, 0.15) is 49.3 Å². The van der Waals surface area contributed by atoms with Crippen LogP contribution in [0.2, 0.25) is 5.02 Å². The van der Waals surface area contributed by atoms with Crippen LogP contribution in [0.4, 0.5) is 34.1 Å². The average molecular weight is 792 g/mol. The molecule has 2 atom stereocenters. The summed E-state index contributed by atoms with van der Waals surface area (Å²) in [7, 11) is 0. The maximum atomic E-state index is 14.1. The molecule has 4 heterocycles. The minimum Gasteiger partial charge on any atom is -0.436 e. The Labute approximate surface area is 323 Å². The van der Waals surface area contributed by atoms with E-state index in [1.165, 1.54) is 11.0 Å². The summed E-state index contributed by atoms with van der Waals surface area (Å²) in [6.45, 7) is 6.91. The number of carbonyl (C=O) groups excluding carboxylic acids is 4. The average Bonchev–Trinajstić information content (AvgIpc) is 3.35. The third kappa shape index (κ3) is 9.65. The van der Waals surface area contributed by atoms with Crippen molar-refractivity contribution in [3.8, 4) is 0 Å². The molecule has 2 unspecified atom stereocenters. The molecule has 0 saturated carbocycles. The molecule has 55 heavy (non-hydrogen) atoms. The third-order valence-corrected chi connectivity index (χ3v) is 11.5. The topological polar surface area (TPSA) is 141 Å². The minimum atomic E-state index is -4.79. The fraction of sp³-hybridized carbons (Fsp3) is 0.579. The maximum absolute atomic E-state index is 14.1. The molecule has 0 spiro atoms. The van der Waals surface area contributed by atoms with Crippen molar-refractivity contribution in [2.45, 2.75) is 76.0 Å². The van der Waals surface area contributed by atoms with Crippen molar-refractivity contribution in [2.24, 2.45) is 0 Å². The van der Waals surface area contributed by atoms with Gasteiger partial charge in [-0.2, -0.15) is 13.2 Å². The van der Waals surface area contributed by atoms with Crippen LogP contribution in [0, 0.1) is 0 Å².